The molecule has 0 spiro atoms. The molecule has 1 N–H and O–H groups in total. The zero-order valence-electron chi connectivity index (χ0n) is 10.1. The van der Waals surface area contributed by atoms with Crippen molar-refractivity contribution in [3.63, 3.8) is 0 Å². The van der Waals surface area contributed by atoms with Crippen molar-refractivity contribution in [3.05, 3.63) is 22.4 Å². The number of hydrogen-bond acceptors (Lipinski definition) is 4. The number of nitrogens with zero attached hydrogens (tertiary/aromatic N) is 1. The highest BCUT2D eigenvalue weighted by atomic mass is 32.2. The second-order valence-corrected chi connectivity index (χ2v) is 7.30. The maximum absolute atomic E-state index is 12.2. The van der Waals surface area contributed by atoms with E-state index in [1.165, 1.54) is 4.31 Å². The lowest BCUT2D eigenvalue weighted by atomic mass is 10.2. The summed E-state index contributed by atoms with van der Waals surface area (Å²) < 4.78 is 25.7. The molecule has 18 heavy (non-hydrogen) atoms. The molecule has 2 rings (SSSR count). The molecular formula is C11H16N2O3S2. The number of rotatable bonds is 4. The van der Waals surface area contributed by atoms with Gasteiger partial charge in [-0.15, -0.1) is 11.3 Å². The number of aryl methyl sites for hydroxylation is 1. The average molecular weight is 288 g/mol. The third-order valence-corrected chi connectivity index (χ3v) is 5.86. The van der Waals surface area contributed by atoms with Crippen LogP contribution in [0, 0.1) is 0 Å². The normalized spacial score (nSPS) is 21.8. The molecule has 1 aliphatic heterocycles. The summed E-state index contributed by atoms with van der Waals surface area (Å²) in [6, 6.07) is 3.22. The molecule has 0 radical (unpaired) electrons. The monoisotopic (exact) mass is 288 g/mol. The van der Waals surface area contributed by atoms with Crippen LogP contribution in [0.4, 0.5) is 0 Å². The maximum Gasteiger partial charge on any atom is 0.238 e. The van der Waals surface area contributed by atoms with E-state index >= 15 is 0 Å². The lowest BCUT2D eigenvalue weighted by Gasteiger charge is -2.31. The van der Waals surface area contributed by atoms with Gasteiger partial charge in [0.15, 0.2) is 0 Å². The first kappa shape index (κ1) is 13.5. The third kappa shape index (κ3) is 2.90. The van der Waals surface area contributed by atoms with Crippen LogP contribution in [0.1, 0.15) is 11.8 Å². The minimum Gasteiger partial charge on any atom is -0.353 e. The molecular weight excluding hydrogens is 272 g/mol. The van der Waals surface area contributed by atoms with Crippen molar-refractivity contribution in [1.82, 2.24) is 9.62 Å². The quantitative estimate of drug-likeness (QED) is 0.874. The number of carbonyl (C=O) groups excluding carboxylic acids is 1. The molecule has 1 fully saturated rings. The highest BCUT2D eigenvalue weighted by Gasteiger charge is 2.33. The lowest BCUT2D eigenvalue weighted by molar-refractivity contribution is -0.126. The van der Waals surface area contributed by atoms with Crippen LogP contribution in [0.25, 0.3) is 0 Å². The Morgan fingerprint density at radius 1 is 1.56 bits per heavy atom. The molecule has 1 atom stereocenters. The summed E-state index contributed by atoms with van der Waals surface area (Å²) in [7, 11) is -3.36. The van der Waals surface area contributed by atoms with Crippen LogP contribution >= 0.6 is 11.3 Å². The van der Waals surface area contributed by atoms with Crippen molar-refractivity contribution in [2.24, 2.45) is 0 Å². The van der Waals surface area contributed by atoms with E-state index < -0.39 is 16.1 Å². The summed E-state index contributed by atoms with van der Waals surface area (Å²) in [5.41, 5.74) is 0. The topological polar surface area (TPSA) is 66.5 Å². The van der Waals surface area contributed by atoms with Gasteiger partial charge in [-0.3, -0.25) is 4.79 Å². The van der Waals surface area contributed by atoms with Gasteiger partial charge in [-0.05, 0) is 24.8 Å². The molecule has 7 heteroatoms. The number of hydrogen-bond donors (Lipinski definition) is 1. The Labute approximate surface area is 111 Å². The smallest absolute Gasteiger partial charge is 0.238 e. The van der Waals surface area contributed by atoms with Crippen molar-refractivity contribution in [3.8, 4) is 0 Å². The van der Waals surface area contributed by atoms with Crippen LogP contribution < -0.4 is 5.32 Å². The van der Waals surface area contributed by atoms with Crippen molar-refractivity contribution in [1.29, 1.82) is 0 Å². The average Bonchev–Trinajstić information content (AvgIpc) is 2.83. The van der Waals surface area contributed by atoms with Crippen LogP contribution in [0.5, 0.6) is 0 Å². The standard InChI is InChI=1S/C11H16N2O3S2/c1-9-11(14)12-5-6-13(9)18(15,16)8-4-10-3-2-7-17-10/h2-3,7,9H,4-6,8H2,1H3,(H,12,14)/t9-/m0/s1. The summed E-state index contributed by atoms with van der Waals surface area (Å²) in [5, 5.41) is 4.59. The van der Waals surface area contributed by atoms with Crippen LogP contribution in [-0.2, 0) is 21.2 Å². The van der Waals surface area contributed by atoms with Gasteiger partial charge < -0.3 is 5.32 Å². The number of amides is 1. The van der Waals surface area contributed by atoms with E-state index in [0.717, 1.165) is 4.88 Å². The summed E-state index contributed by atoms with van der Waals surface area (Å²) in [5.74, 6) is -0.161. The maximum atomic E-state index is 12.2. The molecule has 1 amide bonds. The molecule has 0 aliphatic carbocycles. The predicted molar refractivity (Wildman–Crippen MR) is 71.0 cm³/mol. The summed E-state index contributed by atoms with van der Waals surface area (Å²) in [4.78, 5) is 12.5. The fraction of sp³-hybridized carbons (Fsp3) is 0.545. The number of thiophene rings is 1. The molecule has 0 bridgehead atoms. The van der Waals surface area contributed by atoms with Crippen LogP contribution in [0.2, 0.25) is 0 Å². The molecule has 2 heterocycles. The third-order valence-electron chi connectivity index (χ3n) is 2.99. The molecule has 0 unspecified atom stereocenters. The first-order chi connectivity index (χ1) is 8.50. The number of nitrogens with one attached hydrogen (secondary N) is 1. The zero-order valence-corrected chi connectivity index (χ0v) is 11.8. The number of sulfonamides is 1. The second kappa shape index (κ2) is 5.38. The van der Waals surface area contributed by atoms with Gasteiger partial charge in [-0.25, -0.2) is 8.42 Å². The fourth-order valence-corrected chi connectivity index (χ4v) is 4.44. The van der Waals surface area contributed by atoms with E-state index in [2.05, 4.69) is 5.32 Å². The molecule has 100 valence electrons. The van der Waals surface area contributed by atoms with Gasteiger partial charge in [0, 0.05) is 18.0 Å². The van der Waals surface area contributed by atoms with Crippen molar-refractivity contribution in [2.75, 3.05) is 18.8 Å². The van der Waals surface area contributed by atoms with Gasteiger partial charge in [0.05, 0.1) is 5.75 Å². The molecule has 5 nitrogen and oxygen atoms in total. The lowest BCUT2D eigenvalue weighted by Crippen LogP contribution is -2.56. The fourth-order valence-electron chi connectivity index (χ4n) is 1.94. The molecule has 0 aromatic carbocycles. The van der Waals surface area contributed by atoms with E-state index in [1.54, 1.807) is 18.3 Å². The van der Waals surface area contributed by atoms with Crippen molar-refractivity contribution in [2.45, 2.75) is 19.4 Å². The van der Waals surface area contributed by atoms with Gasteiger partial charge in [0.25, 0.3) is 0 Å². The Morgan fingerprint density at radius 3 is 3.00 bits per heavy atom. The molecule has 1 saturated heterocycles. The highest BCUT2D eigenvalue weighted by molar-refractivity contribution is 7.89. The van der Waals surface area contributed by atoms with E-state index in [0.29, 0.717) is 19.5 Å². The summed E-state index contributed by atoms with van der Waals surface area (Å²) in [6.45, 7) is 2.37. The highest BCUT2D eigenvalue weighted by Crippen LogP contribution is 2.15. The minimum absolute atomic E-state index is 0.0606. The molecule has 1 aliphatic rings. The van der Waals surface area contributed by atoms with Gasteiger partial charge in [-0.1, -0.05) is 6.07 Å². The van der Waals surface area contributed by atoms with E-state index in [4.69, 9.17) is 0 Å². The first-order valence-electron chi connectivity index (χ1n) is 5.80. The van der Waals surface area contributed by atoms with Gasteiger partial charge in [0.1, 0.15) is 6.04 Å². The van der Waals surface area contributed by atoms with Crippen LogP contribution in [-0.4, -0.2) is 43.5 Å². The van der Waals surface area contributed by atoms with E-state index in [1.807, 2.05) is 17.5 Å². The van der Waals surface area contributed by atoms with Gasteiger partial charge in [-0.2, -0.15) is 4.31 Å². The first-order valence-corrected chi connectivity index (χ1v) is 8.29. The van der Waals surface area contributed by atoms with E-state index in [9.17, 15) is 13.2 Å². The molecule has 1 aromatic heterocycles. The summed E-state index contributed by atoms with van der Waals surface area (Å²) >= 11 is 1.55. The Balaban J connectivity index is 2.03. The number of piperazine rings is 1. The Morgan fingerprint density at radius 2 is 2.33 bits per heavy atom. The predicted octanol–water partition coefficient (Wildman–Crippen LogP) is 0.441. The van der Waals surface area contributed by atoms with Gasteiger partial charge >= 0.3 is 0 Å². The second-order valence-electron chi connectivity index (χ2n) is 4.22. The largest absolute Gasteiger partial charge is 0.353 e. The van der Waals surface area contributed by atoms with Gasteiger partial charge in [0.2, 0.25) is 15.9 Å². The van der Waals surface area contributed by atoms with Crippen molar-refractivity contribution >= 4 is 27.3 Å². The summed E-state index contributed by atoms with van der Waals surface area (Å²) in [6.07, 6.45) is 0.505. The molecule has 1 aromatic rings. The van der Waals surface area contributed by atoms with E-state index in [-0.39, 0.29) is 11.7 Å². The SMILES string of the molecule is C[C@H]1C(=O)NCCN1S(=O)(=O)CCc1cccs1. The Hall–Kier alpha value is -0.920. The Kier molecular flexibility index (Phi) is 4.04. The van der Waals surface area contributed by atoms with Crippen LogP contribution in [0.15, 0.2) is 17.5 Å². The number of carbonyl (C=O) groups is 1. The van der Waals surface area contributed by atoms with Crippen LogP contribution in [0.3, 0.4) is 0 Å². The zero-order chi connectivity index (χ0) is 13.2. The Bertz CT molecular complexity index is 510. The minimum atomic E-state index is -3.36. The molecule has 0 saturated carbocycles. The van der Waals surface area contributed by atoms with Crippen molar-refractivity contribution < 1.29 is 13.2 Å².